The number of likely N-dealkylation sites (N-methyl/N-ethyl adjacent to an activating group) is 1. The molecule has 1 aliphatic heterocycles. The van der Waals surface area contributed by atoms with Crippen molar-refractivity contribution in [3.63, 3.8) is 0 Å². The first-order chi connectivity index (χ1) is 24.8. The number of carbonyl (C=O) groups excluding carboxylic acids is 1. The average molecular weight is 703 g/mol. The topological polar surface area (TPSA) is 129 Å². The fourth-order valence-electron chi connectivity index (χ4n) is 5.60. The fraction of sp³-hybridized carbons (Fsp3) is 0.378. The van der Waals surface area contributed by atoms with Crippen molar-refractivity contribution >= 4 is 29.2 Å². The van der Waals surface area contributed by atoms with E-state index in [-0.39, 0.29) is 17.5 Å². The van der Waals surface area contributed by atoms with E-state index in [9.17, 15) is 4.79 Å². The normalized spacial score (nSPS) is 13.2. The van der Waals surface area contributed by atoms with Crippen LogP contribution in [0.4, 0.5) is 27.9 Å². The summed E-state index contributed by atoms with van der Waals surface area (Å²) in [6.07, 6.45) is 1.64. The van der Waals surface area contributed by atoms with Crippen LogP contribution < -0.4 is 43.4 Å². The number of nitrogens with one attached hydrogen (secondary N) is 1. The van der Waals surface area contributed by atoms with E-state index in [4.69, 9.17) is 38.1 Å². The summed E-state index contributed by atoms with van der Waals surface area (Å²) in [5.74, 6) is 3.36. The minimum Gasteiger partial charge on any atom is -0.497 e. The summed E-state index contributed by atoms with van der Waals surface area (Å²) in [6, 6.07) is 15.5. The number of piperazine rings is 1. The number of aromatic nitrogens is 2. The van der Waals surface area contributed by atoms with Gasteiger partial charge in [0.05, 0.1) is 47.8 Å². The standard InChI is InChI=1S/C37H46N6O8/c1-25-9-11-29(46-4)28(21-25)43(37(44)51-30-12-10-27(45-3)24-31(30)47-5)34-13-14-38-36(40-34)39-26-22-32(48-6)35(49-7)33(23-26)50-20-8-15-42-18-16-41(2)17-19-42/h9-14,21-24H,8,15-20H2,1-7H3,(H,38,39,40). The van der Waals surface area contributed by atoms with Gasteiger partial charge in [-0.15, -0.1) is 0 Å². The lowest BCUT2D eigenvalue weighted by molar-refractivity contribution is 0.145. The third kappa shape index (κ3) is 9.21. The minimum atomic E-state index is -0.759. The van der Waals surface area contributed by atoms with Crippen molar-refractivity contribution in [3.05, 3.63) is 66.4 Å². The van der Waals surface area contributed by atoms with E-state index in [1.807, 2.05) is 19.1 Å². The third-order valence-corrected chi connectivity index (χ3v) is 8.37. The SMILES string of the molecule is COc1ccc(OC(=O)N(c2ccnc(Nc3cc(OC)c(OC)c(OCCCN4CCN(C)CC4)c3)n2)c2cc(C)ccc2OC)c(OC)c1. The second-order valence-electron chi connectivity index (χ2n) is 11.8. The molecule has 0 aliphatic carbocycles. The molecule has 1 aromatic heterocycles. The van der Waals surface area contributed by atoms with Gasteiger partial charge < -0.3 is 48.3 Å². The van der Waals surface area contributed by atoms with Crippen LogP contribution >= 0.6 is 0 Å². The monoisotopic (exact) mass is 702 g/mol. The van der Waals surface area contributed by atoms with Crippen LogP contribution in [0.2, 0.25) is 0 Å². The van der Waals surface area contributed by atoms with Crippen molar-refractivity contribution < 1.29 is 38.0 Å². The number of methoxy groups -OCH3 is 5. The van der Waals surface area contributed by atoms with Gasteiger partial charge in [-0.2, -0.15) is 4.98 Å². The zero-order valence-corrected chi connectivity index (χ0v) is 30.2. The molecule has 1 saturated heterocycles. The molecule has 3 aromatic carbocycles. The highest BCUT2D eigenvalue weighted by Crippen LogP contribution is 2.41. The van der Waals surface area contributed by atoms with E-state index in [1.165, 1.54) is 25.3 Å². The summed E-state index contributed by atoms with van der Waals surface area (Å²) in [5, 5.41) is 3.23. The molecule has 0 radical (unpaired) electrons. The zero-order chi connectivity index (χ0) is 36.3. The molecule has 0 bridgehead atoms. The number of rotatable bonds is 15. The Bertz CT molecular complexity index is 1780. The van der Waals surface area contributed by atoms with Crippen LogP contribution in [0.15, 0.2) is 60.8 Å². The van der Waals surface area contributed by atoms with Crippen molar-refractivity contribution in [2.24, 2.45) is 0 Å². The van der Waals surface area contributed by atoms with E-state index >= 15 is 0 Å². The molecule has 1 amide bonds. The molecule has 5 rings (SSSR count). The molecule has 1 fully saturated rings. The Kier molecular flexibility index (Phi) is 12.6. The maximum Gasteiger partial charge on any atom is 0.425 e. The van der Waals surface area contributed by atoms with Gasteiger partial charge in [0, 0.05) is 68.9 Å². The van der Waals surface area contributed by atoms with Gasteiger partial charge in [-0.3, -0.25) is 0 Å². The van der Waals surface area contributed by atoms with Crippen molar-refractivity contribution in [2.45, 2.75) is 13.3 Å². The number of anilines is 4. The Morgan fingerprint density at radius 3 is 2.24 bits per heavy atom. The molecule has 0 atom stereocenters. The average Bonchev–Trinajstić information content (AvgIpc) is 3.14. The molecular formula is C37H46N6O8. The van der Waals surface area contributed by atoms with Crippen LogP contribution in [0.1, 0.15) is 12.0 Å². The van der Waals surface area contributed by atoms with E-state index in [0.717, 1.165) is 44.7 Å². The summed E-state index contributed by atoms with van der Waals surface area (Å²) in [7, 11) is 9.83. The van der Waals surface area contributed by atoms with Gasteiger partial charge in [0.25, 0.3) is 0 Å². The van der Waals surface area contributed by atoms with Crippen LogP contribution in [-0.4, -0.2) is 108 Å². The highest BCUT2D eigenvalue weighted by molar-refractivity contribution is 5.98. The van der Waals surface area contributed by atoms with Crippen LogP contribution in [0, 0.1) is 6.92 Å². The van der Waals surface area contributed by atoms with Gasteiger partial charge in [0.1, 0.15) is 17.3 Å². The first-order valence-corrected chi connectivity index (χ1v) is 16.5. The zero-order valence-electron chi connectivity index (χ0n) is 30.2. The van der Waals surface area contributed by atoms with Gasteiger partial charge >= 0.3 is 6.09 Å². The highest BCUT2D eigenvalue weighted by atomic mass is 16.6. The Labute approximate surface area is 298 Å². The molecule has 272 valence electrons. The highest BCUT2D eigenvalue weighted by Gasteiger charge is 2.27. The molecule has 1 N–H and O–H groups in total. The quantitative estimate of drug-likeness (QED) is 0.147. The first kappa shape index (κ1) is 36.8. The molecule has 14 nitrogen and oxygen atoms in total. The van der Waals surface area contributed by atoms with E-state index in [2.05, 4.69) is 27.1 Å². The molecular weight excluding hydrogens is 656 g/mol. The second kappa shape index (κ2) is 17.5. The number of benzene rings is 3. The Morgan fingerprint density at radius 2 is 1.53 bits per heavy atom. The van der Waals surface area contributed by atoms with Crippen molar-refractivity contribution in [1.29, 1.82) is 0 Å². The summed E-state index contributed by atoms with van der Waals surface area (Å²) in [5.41, 5.74) is 1.89. The molecule has 0 unspecified atom stereocenters. The van der Waals surface area contributed by atoms with Gasteiger partial charge in [-0.25, -0.2) is 14.7 Å². The van der Waals surface area contributed by atoms with E-state index < -0.39 is 6.09 Å². The lowest BCUT2D eigenvalue weighted by atomic mass is 10.2. The molecule has 1 aliphatic rings. The largest absolute Gasteiger partial charge is 0.497 e. The second-order valence-corrected chi connectivity index (χ2v) is 11.8. The fourth-order valence-corrected chi connectivity index (χ4v) is 5.60. The molecule has 51 heavy (non-hydrogen) atoms. The Morgan fingerprint density at radius 1 is 0.804 bits per heavy atom. The smallest absolute Gasteiger partial charge is 0.425 e. The Hall–Kier alpha value is -5.47. The van der Waals surface area contributed by atoms with Crippen molar-refractivity contribution in [2.75, 3.05) is 92.1 Å². The summed E-state index contributed by atoms with van der Waals surface area (Å²) >= 11 is 0. The maximum atomic E-state index is 14.1. The number of amides is 1. The summed E-state index contributed by atoms with van der Waals surface area (Å²) in [4.78, 5) is 29.3. The Balaban J connectivity index is 1.42. The number of nitrogens with zero attached hydrogens (tertiary/aromatic N) is 5. The van der Waals surface area contributed by atoms with Crippen LogP contribution in [0.25, 0.3) is 0 Å². The molecule has 14 heteroatoms. The molecule has 0 spiro atoms. The summed E-state index contributed by atoms with van der Waals surface area (Å²) in [6.45, 7) is 7.59. The first-order valence-electron chi connectivity index (χ1n) is 16.5. The van der Waals surface area contributed by atoms with Crippen molar-refractivity contribution in [1.82, 2.24) is 19.8 Å². The van der Waals surface area contributed by atoms with Gasteiger partial charge in [-0.1, -0.05) is 6.07 Å². The minimum absolute atomic E-state index is 0.189. The maximum absolute atomic E-state index is 14.1. The summed E-state index contributed by atoms with van der Waals surface area (Å²) < 4.78 is 39.8. The predicted octanol–water partition coefficient (Wildman–Crippen LogP) is 5.93. The lowest BCUT2D eigenvalue weighted by Crippen LogP contribution is -2.44. The third-order valence-electron chi connectivity index (χ3n) is 8.37. The van der Waals surface area contributed by atoms with Crippen LogP contribution in [0.3, 0.4) is 0 Å². The number of hydrogen-bond donors (Lipinski definition) is 1. The molecule has 4 aromatic rings. The number of ether oxygens (including phenoxy) is 7. The van der Waals surface area contributed by atoms with E-state index in [0.29, 0.717) is 52.5 Å². The van der Waals surface area contributed by atoms with Crippen LogP contribution in [0.5, 0.6) is 40.2 Å². The lowest BCUT2D eigenvalue weighted by Gasteiger charge is -2.32. The van der Waals surface area contributed by atoms with Gasteiger partial charge in [-0.05, 0) is 50.2 Å². The van der Waals surface area contributed by atoms with Crippen molar-refractivity contribution in [3.8, 4) is 40.2 Å². The number of aryl methyl sites for hydroxylation is 1. The van der Waals surface area contributed by atoms with E-state index in [1.54, 1.807) is 63.8 Å². The predicted molar refractivity (Wildman–Crippen MR) is 194 cm³/mol. The molecule has 0 saturated carbocycles. The number of hydrogen-bond acceptors (Lipinski definition) is 13. The molecule has 2 heterocycles. The van der Waals surface area contributed by atoms with Crippen LogP contribution in [-0.2, 0) is 0 Å². The van der Waals surface area contributed by atoms with Gasteiger partial charge in [0.2, 0.25) is 11.7 Å². The van der Waals surface area contributed by atoms with Gasteiger partial charge in [0.15, 0.2) is 23.0 Å². The number of carbonyl (C=O) groups is 1.